The molecule has 1 aromatic carbocycles. The Morgan fingerprint density at radius 2 is 1.83 bits per heavy atom. The van der Waals surface area contributed by atoms with E-state index in [0.717, 1.165) is 17.9 Å². The summed E-state index contributed by atoms with van der Waals surface area (Å²) < 4.78 is 5.51. The van der Waals surface area contributed by atoms with Crippen LogP contribution in [0, 0.1) is 0 Å². The summed E-state index contributed by atoms with van der Waals surface area (Å²) in [5.41, 5.74) is 0.888. The largest absolute Gasteiger partial charge is 0.456 e. The van der Waals surface area contributed by atoms with Crippen LogP contribution in [0.5, 0.6) is 0 Å². The smallest absolute Gasteiger partial charge is 0.293 e. The standard InChI is InChI=1S/C15H17NO2/c1-3-13-10-11-14(18-13)15(17)16(4-2)12-8-6-5-7-9-12/h5-11H,3-4H2,1-2H3. The van der Waals surface area contributed by atoms with Crippen molar-refractivity contribution in [3.63, 3.8) is 0 Å². The molecule has 0 fully saturated rings. The Kier molecular flexibility index (Phi) is 3.82. The molecule has 0 radical (unpaired) electrons. The van der Waals surface area contributed by atoms with Gasteiger partial charge >= 0.3 is 0 Å². The highest BCUT2D eigenvalue weighted by atomic mass is 16.4. The molecular formula is C15H17NO2. The summed E-state index contributed by atoms with van der Waals surface area (Å²) in [6.45, 7) is 4.57. The summed E-state index contributed by atoms with van der Waals surface area (Å²) in [5.74, 6) is 1.14. The lowest BCUT2D eigenvalue weighted by atomic mass is 10.2. The first-order chi connectivity index (χ1) is 8.76. The number of aryl methyl sites for hydroxylation is 1. The van der Waals surface area contributed by atoms with Gasteiger partial charge in [-0.2, -0.15) is 0 Å². The lowest BCUT2D eigenvalue weighted by Gasteiger charge is -2.19. The van der Waals surface area contributed by atoms with E-state index in [1.54, 1.807) is 11.0 Å². The number of carbonyl (C=O) groups is 1. The normalized spacial score (nSPS) is 10.3. The first-order valence-electron chi connectivity index (χ1n) is 6.21. The Morgan fingerprint density at radius 3 is 2.39 bits per heavy atom. The molecule has 2 aromatic rings. The van der Waals surface area contributed by atoms with Gasteiger partial charge in [-0.05, 0) is 31.2 Å². The van der Waals surface area contributed by atoms with Gasteiger partial charge in [0, 0.05) is 18.7 Å². The number of nitrogens with zero attached hydrogens (tertiary/aromatic N) is 1. The van der Waals surface area contributed by atoms with Crippen molar-refractivity contribution in [1.82, 2.24) is 0 Å². The van der Waals surface area contributed by atoms with Crippen LogP contribution >= 0.6 is 0 Å². The minimum absolute atomic E-state index is 0.0941. The first-order valence-corrected chi connectivity index (χ1v) is 6.21. The predicted octanol–water partition coefficient (Wildman–Crippen LogP) is 3.51. The lowest BCUT2D eigenvalue weighted by molar-refractivity contribution is 0.0960. The molecule has 18 heavy (non-hydrogen) atoms. The fourth-order valence-electron chi connectivity index (χ4n) is 1.87. The van der Waals surface area contributed by atoms with E-state index >= 15 is 0 Å². The van der Waals surface area contributed by atoms with Crippen molar-refractivity contribution >= 4 is 11.6 Å². The molecule has 1 amide bonds. The minimum Gasteiger partial charge on any atom is -0.456 e. The molecular weight excluding hydrogens is 226 g/mol. The van der Waals surface area contributed by atoms with E-state index in [2.05, 4.69) is 0 Å². The molecule has 0 bridgehead atoms. The molecule has 0 atom stereocenters. The van der Waals surface area contributed by atoms with Gasteiger partial charge in [-0.15, -0.1) is 0 Å². The van der Waals surface area contributed by atoms with Crippen molar-refractivity contribution in [3.8, 4) is 0 Å². The number of hydrogen-bond acceptors (Lipinski definition) is 2. The topological polar surface area (TPSA) is 33.5 Å². The molecule has 3 nitrogen and oxygen atoms in total. The SMILES string of the molecule is CCc1ccc(C(=O)N(CC)c2ccccc2)o1. The molecule has 0 aliphatic rings. The van der Waals surface area contributed by atoms with Gasteiger partial charge in [0.15, 0.2) is 5.76 Å². The van der Waals surface area contributed by atoms with Gasteiger partial charge in [-0.25, -0.2) is 0 Å². The van der Waals surface area contributed by atoms with Crippen molar-refractivity contribution in [1.29, 1.82) is 0 Å². The van der Waals surface area contributed by atoms with Gasteiger partial charge in [-0.1, -0.05) is 25.1 Å². The predicted molar refractivity (Wildman–Crippen MR) is 71.9 cm³/mol. The van der Waals surface area contributed by atoms with E-state index in [0.29, 0.717) is 12.3 Å². The first kappa shape index (κ1) is 12.4. The zero-order chi connectivity index (χ0) is 13.0. The molecule has 0 spiro atoms. The van der Waals surface area contributed by atoms with Crippen molar-refractivity contribution in [2.45, 2.75) is 20.3 Å². The van der Waals surface area contributed by atoms with Gasteiger partial charge in [0.2, 0.25) is 0 Å². The molecule has 0 aliphatic heterocycles. The zero-order valence-corrected chi connectivity index (χ0v) is 10.7. The second kappa shape index (κ2) is 5.54. The van der Waals surface area contributed by atoms with Gasteiger partial charge in [0.1, 0.15) is 5.76 Å². The summed E-state index contributed by atoms with van der Waals surface area (Å²) in [7, 11) is 0. The number of hydrogen-bond donors (Lipinski definition) is 0. The fourth-order valence-corrected chi connectivity index (χ4v) is 1.87. The van der Waals surface area contributed by atoms with E-state index in [9.17, 15) is 4.79 Å². The zero-order valence-electron chi connectivity index (χ0n) is 10.7. The van der Waals surface area contributed by atoms with E-state index in [4.69, 9.17) is 4.42 Å². The second-order valence-electron chi connectivity index (χ2n) is 4.00. The number of anilines is 1. The number of amides is 1. The highest BCUT2D eigenvalue weighted by Gasteiger charge is 2.18. The Hall–Kier alpha value is -2.03. The number of para-hydroxylation sites is 1. The van der Waals surface area contributed by atoms with Crippen LogP contribution in [-0.2, 0) is 6.42 Å². The van der Waals surface area contributed by atoms with Crippen LogP contribution in [0.4, 0.5) is 5.69 Å². The summed E-state index contributed by atoms with van der Waals surface area (Å²) in [6.07, 6.45) is 0.796. The fraction of sp³-hybridized carbons (Fsp3) is 0.267. The number of rotatable bonds is 4. The van der Waals surface area contributed by atoms with E-state index in [1.807, 2.05) is 50.2 Å². The summed E-state index contributed by atoms with van der Waals surface area (Å²) in [6, 6.07) is 13.2. The van der Waals surface area contributed by atoms with Gasteiger partial charge in [0.25, 0.3) is 5.91 Å². The number of carbonyl (C=O) groups excluding carboxylic acids is 1. The quantitative estimate of drug-likeness (QED) is 0.823. The molecule has 0 saturated carbocycles. The molecule has 94 valence electrons. The minimum atomic E-state index is -0.0941. The third-order valence-electron chi connectivity index (χ3n) is 2.85. The monoisotopic (exact) mass is 243 g/mol. The van der Waals surface area contributed by atoms with Crippen LogP contribution in [-0.4, -0.2) is 12.5 Å². The van der Waals surface area contributed by atoms with Gasteiger partial charge in [-0.3, -0.25) is 4.79 Å². The highest BCUT2D eigenvalue weighted by Crippen LogP contribution is 2.18. The van der Waals surface area contributed by atoms with E-state index < -0.39 is 0 Å². The molecule has 3 heteroatoms. The van der Waals surface area contributed by atoms with Crippen LogP contribution < -0.4 is 4.90 Å². The molecule has 0 N–H and O–H groups in total. The molecule has 1 heterocycles. The van der Waals surface area contributed by atoms with Crippen molar-refractivity contribution in [3.05, 3.63) is 54.0 Å². The molecule has 0 saturated heterocycles. The lowest BCUT2D eigenvalue weighted by Crippen LogP contribution is -2.30. The summed E-state index contributed by atoms with van der Waals surface area (Å²) >= 11 is 0. The van der Waals surface area contributed by atoms with Crippen LogP contribution in [0.15, 0.2) is 46.9 Å². The Bertz CT molecular complexity index is 516. The van der Waals surface area contributed by atoms with Crippen LogP contribution in [0.25, 0.3) is 0 Å². The van der Waals surface area contributed by atoms with E-state index in [1.165, 1.54) is 0 Å². The number of benzene rings is 1. The summed E-state index contributed by atoms with van der Waals surface area (Å²) in [4.78, 5) is 14.0. The Labute approximate surface area is 107 Å². The maximum Gasteiger partial charge on any atom is 0.293 e. The summed E-state index contributed by atoms with van der Waals surface area (Å²) in [5, 5.41) is 0. The van der Waals surface area contributed by atoms with Gasteiger partial charge in [0.05, 0.1) is 0 Å². The molecule has 0 unspecified atom stereocenters. The average molecular weight is 243 g/mol. The highest BCUT2D eigenvalue weighted by molar-refractivity contribution is 6.04. The Morgan fingerprint density at radius 1 is 1.11 bits per heavy atom. The second-order valence-corrected chi connectivity index (χ2v) is 4.00. The third kappa shape index (κ3) is 2.45. The van der Waals surface area contributed by atoms with Crippen LogP contribution in [0.3, 0.4) is 0 Å². The van der Waals surface area contributed by atoms with Gasteiger partial charge < -0.3 is 9.32 Å². The Balaban J connectivity index is 2.25. The van der Waals surface area contributed by atoms with E-state index in [-0.39, 0.29) is 5.91 Å². The maximum absolute atomic E-state index is 12.3. The maximum atomic E-state index is 12.3. The molecule has 0 aliphatic carbocycles. The van der Waals surface area contributed by atoms with Crippen LogP contribution in [0.1, 0.15) is 30.2 Å². The average Bonchev–Trinajstić information content (AvgIpc) is 2.89. The van der Waals surface area contributed by atoms with Crippen LogP contribution in [0.2, 0.25) is 0 Å². The number of furan rings is 1. The third-order valence-corrected chi connectivity index (χ3v) is 2.85. The van der Waals surface area contributed by atoms with Crippen molar-refractivity contribution in [2.24, 2.45) is 0 Å². The van der Waals surface area contributed by atoms with Crippen molar-refractivity contribution < 1.29 is 9.21 Å². The van der Waals surface area contributed by atoms with Crippen molar-refractivity contribution in [2.75, 3.05) is 11.4 Å². The molecule has 2 rings (SSSR count). The molecule has 1 aromatic heterocycles.